The molecule has 1 saturated heterocycles. The zero-order chi connectivity index (χ0) is 8.97. The van der Waals surface area contributed by atoms with Crippen LogP contribution in [0, 0.1) is 11.8 Å². The van der Waals surface area contributed by atoms with Crippen LogP contribution in [0.4, 0.5) is 0 Å². The van der Waals surface area contributed by atoms with Gasteiger partial charge in [0.15, 0.2) is 0 Å². The largest absolute Gasteiger partial charge is 0.303 e. The highest BCUT2D eigenvalue weighted by atomic mass is 16.1. The zero-order valence-electron chi connectivity index (χ0n) is 8.12. The molecular weight excluding hydrogens is 150 g/mol. The van der Waals surface area contributed by atoms with E-state index in [0.29, 0.717) is 0 Å². The van der Waals surface area contributed by atoms with Crippen LogP contribution in [0.1, 0.15) is 26.7 Å². The van der Waals surface area contributed by atoms with Gasteiger partial charge in [0.05, 0.1) is 0 Å². The van der Waals surface area contributed by atoms with Gasteiger partial charge in [0, 0.05) is 19.0 Å². The van der Waals surface area contributed by atoms with Gasteiger partial charge in [0.2, 0.25) is 0 Å². The smallest absolute Gasteiger partial charge is 0.124 e. The van der Waals surface area contributed by atoms with Crippen molar-refractivity contribution < 1.29 is 4.79 Å². The summed E-state index contributed by atoms with van der Waals surface area (Å²) in [4.78, 5) is 12.8. The SMILES string of the molecule is CC(C=O)CN1CCCC(C)C1. The van der Waals surface area contributed by atoms with Crippen LogP contribution in [0.2, 0.25) is 0 Å². The van der Waals surface area contributed by atoms with E-state index in [1.54, 1.807) is 0 Å². The fraction of sp³-hybridized carbons (Fsp3) is 0.900. The second-order valence-corrected chi connectivity index (χ2v) is 4.12. The molecule has 1 aliphatic rings. The first-order chi connectivity index (χ1) is 5.72. The van der Waals surface area contributed by atoms with Gasteiger partial charge in [-0.3, -0.25) is 0 Å². The van der Waals surface area contributed by atoms with E-state index in [1.165, 1.54) is 25.9 Å². The molecular formula is C10H19NO. The lowest BCUT2D eigenvalue weighted by Gasteiger charge is -2.31. The molecule has 0 amide bonds. The van der Waals surface area contributed by atoms with Gasteiger partial charge in [-0.1, -0.05) is 13.8 Å². The first kappa shape index (κ1) is 9.72. The van der Waals surface area contributed by atoms with Crippen molar-refractivity contribution in [2.24, 2.45) is 11.8 Å². The molecule has 0 N–H and O–H groups in total. The van der Waals surface area contributed by atoms with Crippen molar-refractivity contribution in [3.05, 3.63) is 0 Å². The Kier molecular flexibility index (Phi) is 3.73. The Bertz CT molecular complexity index is 147. The summed E-state index contributed by atoms with van der Waals surface area (Å²) >= 11 is 0. The molecule has 0 radical (unpaired) electrons. The number of carbonyl (C=O) groups is 1. The maximum absolute atomic E-state index is 10.4. The minimum absolute atomic E-state index is 0.204. The highest BCUT2D eigenvalue weighted by Gasteiger charge is 2.17. The molecule has 0 aromatic heterocycles. The standard InChI is InChI=1S/C10H19NO/c1-9-4-3-5-11(6-9)7-10(2)8-12/h8-10H,3-7H2,1-2H3. The van der Waals surface area contributed by atoms with E-state index < -0.39 is 0 Å². The van der Waals surface area contributed by atoms with Crippen LogP contribution >= 0.6 is 0 Å². The van der Waals surface area contributed by atoms with E-state index in [4.69, 9.17) is 0 Å². The van der Waals surface area contributed by atoms with Gasteiger partial charge in [0.25, 0.3) is 0 Å². The van der Waals surface area contributed by atoms with Gasteiger partial charge < -0.3 is 9.69 Å². The molecule has 1 heterocycles. The van der Waals surface area contributed by atoms with Crippen LogP contribution in [0.3, 0.4) is 0 Å². The fourth-order valence-electron chi connectivity index (χ4n) is 1.90. The lowest BCUT2D eigenvalue weighted by Crippen LogP contribution is -2.37. The van der Waals surface area contributed by atoms with Crippen LogP contribution in [0.25, 0.3) is 0 Å². The van der Waals surface area contributed by atoms with Crippen molar-refractivity contribution >= 4 is 6.29 Å². The molecule has 0 spiro atoms. The molecule has 0 bridgehead atoms. The topological polar surface area (TPSA) is 20.3 Å². The minimum Gasteiger partial charge on any atom is -0.303 e. The normalized spacial score (nSPS) is 28.3. The number of aldehydes is 1. The lowest BCUT2D eigenvalue weighted by atomic mass is 9.99. The van der Waals surface area contributed by atoms with Crippen LogP contribution in [0.5, 0.6) is 0 Å². The molecule has 0 aromatic rings. The monoisotopic (exact) mass is 169 g/mol. The number of nitrogens with zero attached hydrogens (tertiary/aromatic N) is 1. The summed E-state index contributed by atoms with van der Waals surface area (Å²) in [7, 11) is 0. The molecule has 1 aliphatic heterocycles. The van der Waals surface area contributed by atoms with Crippen LogP contribution in [0.15, 0.2) is 0 Å². The molecule has 2 nitrogen and oxygen atoms in total. The predicted octanol–water partition coefficient (Wildman–Crippen LogP) is 1.55. The van der Waals surface area contributed by atoms with Crippen molar-refractivity contribution in [3.63, 3.8) is 0 Å². The summed E-state index contributed by atoms with van der Waals surface area (Å²) in [6, 6.07) is 0. The minimum atomic E-state index is 0.204. The average molecular weight is 169 g/mol. The van der Waals surface area contributed by atoms with Crippen LogP contribution in [-0.2, 0) is 4.79 Å². The predicted molar refractivity (Wildman–Crippen MR) is 50.1 cm³/mol. The Morgan fingerprint density at radius 2 is 2.42 bits per heavy atom. The molecule has 1 rings (SSSR count). The number of hydrogen-bond donors (Lipinski definition) is 0. The Morgan fingerprint density at radius 1 is 1.67 bits per heavy atom. The van der Waals surface area contributed by atoms with Crippen molar-refractivity contribution in [2.75, 3.05) is 19.6 Å². The summed E-state index contributed by atoms with van der Waals surface area (Å²) < 4.78 is 0. The molecule has 0 aromatic carbocycles. The van der Waals surface area contributed by atoms with Crippen molar-refractivity contribution in [3.8, 4) is 0 Å². The highest BCUT2D eigenvalue weighted by Crippen LogP contribution is 2.15. The average Bonchev–Trinajstić information content (AvgIpc) is 2.04. The van der Waals surface area contributed by atoms with Gasteiger partial charge >= 0.3 is 0 Å². The zero-order valence-corrected chi connectivity index (χ0v) is 8.12. The van der Waals surface area contributed by atoms with Crippen molar-refractivity contribution in [1.29, 1.82) is 0 Å². The third-order valence-corrected chi connectivity index (χ3v) is 2.52. The quantitative estimate of drug-likeness (QED) is 0.597. The molecule has 0 saturated carbocycles. The van der Waals surface area contributed by atoms with Gasteiger partial charge in [-0.05, 0) is 25.3 Å². The molecule has 12 heavy (non-hydrogen) atoms. The second-order valence-electron chi connectivity index (χ2n) is 4.12. The van der Waals surface area contributed by atoms with E-state index in [1.807, 2.05) is 6.92 Å². The molecule has 70 valence electrons. The summed E-state index contributed by atoms with van der Waals surface area (Å²) in [5.74, 6) is 1.02. The summed E-state index contributed by atoms with van der Waals surface area (Å²) in [5, 5.41) is 0. The Labute approximate surface area is 74.9 Å². The van der Waals surface area contributed by atoms with Crippen molar-refractivity contribution in [2.45, 2.75) is 26.7 Å². The first-order valence-corrected chi connectivity index (χ1v) is 4.90. The summed E-state index contributed by atoms with van der Waals surface area (Å²) in [6.07, 6.45) is 3.71. The second kappa shape index (κ2) is 4.61. The molecule has 2 unspecified atom stereocenters. The Morgan fingerprint density at radius 3 is 3.00 bits per heavy atom. The van der Waals surface area contributed by atoms with Gasteiger partial charge in [-0.2, -0.15) is 0 Å². The number of carbonyl (C=O) groups excluding carboxylic acids is 1. The van der Waals surface area contributed by atoms with Gasteiger partial charge in [0.1, 0.15) is 6.29 Å². The first-order valence-electron chi connectivity index (χ1n) is 4.90. The fourth-order valence-corrected chi connectivity index (χ4v) is 1.90. The maximum atomic E-state index is 10.4. The number of rotatable bonds is 3. The van der Waals surface area contributed by atoms with Gasteiger partial charge in [-0.15, -0.1) is 0 Å². The maximum Gasteiger partial charge on any atom is 0.124 e. The van der Waals surface area contributed by atoms with Crippen LogP contribution in [-0.4, -0.2) is 30.8 Å². The molecule has 2 heteroatoms. The highest BCUT2D eigenvalue weighted by molar-refractivity contribution is 5.52. The van der Waals surface area contributed by atoms with E-state index in [2.05, 4.69) is 11.8 Å². The Hall–Kier alpha value is -0.370. The summed E-state index contributed by atoms with van der Waals surface area (Å²) in [6.45, 7) is 7.60. The van der Waals surface area contributed by atoms with Crippen LogP contribution < -0.4 is 0 Å². The number of piperidine rings is 1. The third kappa shape index (κ3) is 2.94. The Balaban J connectivity index is 2.26. The molecule has 2 atom stereocenters. The number of likely N-dealkylation sites (tertiary alicyclic amines) is 1. The third-order valence-electron chi connectivity index (χ3n) is 2.52. The molecule has 1 fully saturated rings. The lowest BCUT2D eigenvalue weighted by molar-refractivity contribution is -0.111. The van der Waals surface area contributed by atoms with E-state index in [0.717, 1.165) is 18.7 Å². The van der Waals surface area contributed by atoms with E-state index in [9.17, 15) is 4.79 Å². The van der Waals surface area contributed by atoms with E-state index in [-0.39, 0.29) is 5.92 Å². The number of hydrogen-bond acceptors (Lipinski definition) is 2. The molecule has 0 aliphatic carbocycles. The van der Waals surface area contributed by atoms with E-state index >= 15 is 0 Å². The summed E-state index contributed by atoms with van der Waals surface area (Å²) in [5.41, 5.74) is 0. The van der Waals surface area contributed by atoms with Gasteiger partial charge in [-0.25, -0.2) is 0 Å². The van der Waals surface area contributed by atoms with Crippen molar-refractivity contribution in [1.82, 2.24) is 4.90 Å².